The van der Waals surface area contributed by atoms with Gasteiger partial charge in [-0.2, -0.15) is 5.10 Å². The summed E-state index contributed by atoms with van der Waals surface area (Å²) in [5.41, 5.74) is 0.454. The highest BCUT2D eigenvalue weighted by molar-refractivity contribution is 5.89. The average Bonchev–Trinajstić information content (AvgIpc) is 3.03. The van der Waals surface area contributed by atoms with Crippen LogP contribution in [0.2, 0.25) is 0 Å². The summed E-state index contributed by atoms with van der Waals surface area (Å²) in [4.78, 5) is 14.5. The number of aliphatic hydroxyl groups is 1. The second kappa shape index (κ2) is 6.28. The van der Waals surface area contributed by atoms with Crippen molar-refractivity contribution in [3.8, 4) is 0 Å². The molecule has 0 radical (unpaired) electrons. The average molecular weight is 308 g/mol. The van der Waals surface area contributed by atoms with E-state index < -0.39 is 0 Å². The lowest BCUT2D eigenvalue weighted by Crippen LogP contribution is -2.47. The Kier molecular flexibility index (Phi) is 4.80. The first-order valence-corrected chi connectivity index (χ1v) is 8.01. The van der Waals surface area contributed by atoms with E-state index in [1.807, 2.05) is 15.8 Å². The molecule has 1 unspecified atom stereocenters. The number of hydrogen-bond acceptors (Lipinski definition) is 3. The fourth-order valence-electron chi connectivity index (χ4n) is 3.03. The normalized spacial score (nSPS) is 22.1. The van der Waals surface area contributed by atoms with Crippen molar-refractivity contribution in [2.75, 3.05) is 18.5 Å². The number of rotatable bonds is 4. The maximum absolute atomic E-state index is 12.6. The third-order valence-electron chi connectivity index (χ3n) is 4.39. The van der Waals surface area contributed by atoms with Crippen LogP contribution in [0, 0.1) is 0 Å². The molecule has 6 nitrogen and oxygen atoms in total. The van der Waals surface area contributed by atoms with Gasteiger partial charge in [0.05, 0.1) is 17.4 Å². The van der Waals surface area contributed by atoms with Gasteiger partial charge >= 0.3 is 6.03 Å². The molecule has 0 aromatic carbocycles. The van der Waals surface area contributed by atoms with Crippen molar-refractivity contribution in [1.82, 2.24) is 14.7 Å². The Morgan fingerprint density at radius 1 is 1.50 bits per heavy atom. The highest BCUT2D eigenvalue weighted by atomic mass is 16.3. The molecule has 2 heterocycles. The van der Waals surface area contributed by atoms with E-state index in [9.17, 15) is 4.79 Å². The number of likely N-dealkylation sites (tertiary alicyclic amines) is 1. The van der Waals surface area contributed by atoms with Crippen LogP contribution in [0.5, 0.6) is 0 Å². The van der Waals surface area contributed by atoms with Crippen LogP contribution in [0.1, 0.15) is 53.4 Å². The highest BCUT2D eigenvalue weighted by Gasteiger charge is 2.39. The maximum atomic E-state index is 12.6. The van der Waals surface area contributed by atoms with Crippen molar-refractivity contribution < 1.29 is 9.90 Å². The summed E-state index contributed by atoms with van der Waals surface area (Å²) in [7, 11) is 0. The lowest BCUT2D eigenvalue weighted by Gasteiger charge is -2.35. The molecule has 124 valence electrons. The standard InChI is InChI=1S/C16H28N4O2/c1-15(2,3)20-12-13(11-17-20)18-14(22)19-9-5-7-16(19,4)8-6-10-21/h11-12,21H,5-10H2,1-4H3,(H,18,22). The maximum Gasteiger partial charge on any atom is 0.322 e. The number of aliphatic hydroxyl groups excluding tert-OH is 1. The van der Waals surface area contributed by atoms with Gasteiger partial charge in [0.25, 0.3) is 0 Å². The van der Waals surface area contributed by atoms with Gasteiger partial charge in [-0.15, -0.1) is 0 Å². The number of carbonyl (C=O) groups excluding carboxylic acids is 1. The summed E-state index contributed by atoms with van der Waals surface area (Å²) in [6.45, 7) is 9.24. The predicted octanol–water partition coefficient (Wildman–Crippen LogP) is 2.80. The van der Waals surface area contributed by atoms with E-state index in [4.69, 9.17) is 5.11 Å². The lowest BCUT2D eigenvalue weighted by molar-refractivity contribution is 0.151. The fraction of sp³-hybridized carbons (Fsp3) is 0.750. The quantitative estimate of drug-likeness (QED) is 0.898. The smallest absolute Gasteiger partial charge is 0.322 e. The predicted molar refractivity (Wildman–Crippen MR) is 86.9 cm³/mol. The van der Waals surface area contributed by atoms with Gasteiger partial charge in [0, 0.05) is 24.9 Å². The molecule has 0 bridgehead atoms. The highest BCUT2D eigenvalue weighted by Crippen LogP contribution is 2.33. The molecule has 2 N–H and O–H groups in total. The Morgan fingerprint density at radius 2 is 2.23 bits per heavy atom. The zero-order chi connectivity index (χ0) is 16.4. The molecule has 0 aliphatic carbocycles. The zero-order valence-electron chi connectivity index (χ0n) is 14.1. The molecule has 1 aliphatic heterocycles. The van der Waals surface area contributed by atoms with Crippen LogP contribution in [0.25, 0.3) is 0 Å². The van der Waals surface area contributed by atoms with Crippen molar-refractivity contribution >= 4 is 11.7 Å². The summed E-state index contributed by atoms with van der Waals surface area (Å²) < 4.78 is 1.84. The number of nitrogens with one attached hydrogen (secondary N) is 1. The minimum absolute atomic E-state index is 0.0774. The Bertz CT molecular complexity index is 520. The summed E-state index contributed by atoms with van der Waals surface area (Å²) in [5.74, 6) is 0. The largest absolute Gasteiger partial charge is 0.396 e. The van der Waals surface area contributed by atoms with Gasteiger partial charge in [0.2, 0.25) is 0 Å². The zero-order valence-corrected chi connectivity index (χ0v) is 14.1. The number of aromatic nitrogens is 2. The molecule has 2 amide bonds. The van der Waals surface area contributed by atoms with E-state index in [1.54, 1.807) is 6.20 Å². The van der Waals surface area contributed by atoms with Gasteiger partial charge in [-0.25, -0.2) is 4.79 Å². The Labute approximate surface area is 132 Å². The van der Waals surface area contributed by atoms with E-state index in [0.717, 1.165) is 37.9 Å². The molecular formula is C16H28N4O2. The monoisotopic (exact) mass is 308 g/mol. The number of hydrogen-bond donors (Lipinski definition) is 2. The first kappa shape index (κ1) is 16.8. The molecule has 1 atom stereocenters. The topological polar surface area (TPSA) is 70.4 Å². The molecule has 22 heavy (non-hydrogen) atoms. The fourth-order valence-corrected chi connectivity index (χ4v) is 3.03. The Hall–Kier alpha value is -1.56. The molecule has 1 saturated heterocycles. The SMILES string of the molecule is CC1(CCCO)CCCN1C(=O)Nc1cnn(C(C)(C)C)c1. The summed E-state index contributed by atoms with van der Waals surface area (Å²) in [6, 6.07) is -0.0774. The van der Waals surface area contributed by atoms with Crippen LogP contribution in [0.4, 0.5) is 10.5 Å². The van der Waals surface area contributed by atoms with E-state index in [0.29, 0.717) is 0 Å². The molecule has 1 fully saturated rings. The first-order valence-electron chi connectivity index (χ1n) is 8.01. The van der Waals surface area contributed by atoms with Gasteiger partial charge in [-0.1, -0.05) is 0 Å². The molecule has 1 aromatic rings. The van der Waals surface area contributed by atoms with Gasteiger partial charge in [-0.3, -0.25) is 4.68 Å². The number of nitrogens with zero attached hydrogens (tertiary/aromatic N) is 3. The summed E-state index contributed by atoms with van der Waals surface area (Å²) in [6.07, 6.45) is 7.10. The van der Waals surface area contributed by atoms with E-state index in [-0.39, 0.29) is 23.7 Å². The molecule has 0 spiro atoms. The number of anilines is 1. The number of urea groups is 1. The van der Waals surface area contributed by atoms with Crippen LogP contribution >= 0.6 is 0 Å². The Morgan fingerprint density at radius 3 is 2.82 bits per heavy atom. The van der Waals surface area contributed by atoms with Crippen molar-refractivity contribution in [2.24, 2.45) is 0 Å². The minimum Gasteiger partial charge on any atom is -0.396 e. The van der Waals surface area contributed by atoms with Crippen LogP contribution in [-0.2, 0) is 5.54 Å². The van der Waals surface area contributed by atoms with Gasteiger partial charge in [0.15, 0.2) is 0 Å². The molecule has 2 rings (SSSR count). The van der Waals surface area contributed by atoms with Crippen LogP contribution in [0.3, 0.4) is 0 Å². The van der Waals surface area contributed by atoms with Crippen LogP contribution in [-0.4, -0.2) is 44.5 Å². The molecular weight excluding hydrogens is 280 g/mol. The van der Waals surface area contributed by atoms with Crippen molar-refractivity contribution in [3.63, 3.8) is 0 Å². The lowest BCUT2D eigenvalue weighted by atomic mass is 9.93. The second-order valence-corrected chi connectivity index (χ2v) is 7.35. The first-order chi connectivity index (χ1) is 10.3. The second-order valence-electron chi connectivity index (χ2n) is 7.35. The van der Waals surface area contributed by atoms with Gasteiger partial charge in [-0.05, 0) is 53.4 Å². The third kappa shape index (κ3) is 3.61. The molecule has 6 heteroatoms. The minimum atomic E-state index is -0.160. The van der Waals surface area contributed by atoms with E-state index in [2.05, 4.69) is 38.1 Å². The summed E-state index contributed by atoms with van der Waals surface area (Å²) >= 11 is 0. The molecule has 1 aliphatic rings. The molecule has 0 saturated carbocycles. The third-order valence-corrected chi connectivity index (χ3v) is 4.39. The van der Waals surface area contributed by atoms with Gasteiger partial charge in [0.1, 0.15) is 0 Å². The Balaban J connectivity index is 2.03. The summed E-state index contributed by atoms with van der Waals surface area (Å²) in [5, 5.41) is 16.3. The van der Waals surface area contributed by atoms with Gasteiger partial charge < -0.3 is 15.3 Å². The van der Waals surface area contributed by atoms with Crippen LogP contribution < -0.4 is 5.32 Å². The van der Waals surface area contributed by atoms with Crippen molar-refractivity contribution in [3.05, 3.63) is 12.4 Å². The number of amides is 2. The van der Waals surface area contributed by atoms with Crippen molar-refractivity contribution in [1.29, 1.82) is 0 Å². The molecule has 1 aromatic heterocycles. The van der Waals surface area contributed by atoms with Crippen molar-refractivity contribution in [2.45, 2.75) is 64.5 Å². The number of carbonyl (C=O) groups is 1. The van der Waals surface area contributed by atoms with E-state index in [1.165, 1.54) is 0 Å². The van der Waals surface area contributed by atoms with Crippen LogP contribution in [0.15, 0.2) is 12.4 Å². The van der Waals surface area contributed by atoms with E-state index >= 15 is 0 Å².